The minimum absolute atomic E-state index is 0.0142. The summed E-state index contributed by atoms with van der Waals surface area (Å²) >= 11 is 0. The maximum absolute atomic E-state index is 13.6. The van der Waals surface area contributed by atoms with Crippen LogP contribution < -0.4 is 44.2 Å². The van der Waals surface area contributed by atoms with Gasteiger partial charge >= 0.3 is 5.69 Å². The number of nitrogens with one attached hydrogen (secondary N) is 2. The van der Waals surface area contributed by atoms with Crippen LogP contribution in [0.3, 0.4) is 0 Å². The summed E-state index contributed by atoms with van der Waals surface area (Å²) in [5.74, 6) is 0.352. The molecule has 2 heterocycles. The zero-order chi connectivity index (χ0) is 38.0. The zero-order valence-electron chi connectivity index (χ0n) is 30.7. The third-order valence-electron chi connectivity index (χ3n) is 8.99. The molecular weight excluding hydrogens is 674 g/mol. The number of hydrogen-bond acceptors (Lipinski definition) is 8. The van der Waals surface area contributed by atoms with Crippen molar-refractivity contribution < 1.29 is 14.3 Å². The molecule has 0 bridgehead atoms. The molecule has 0 spiro atoms. The van der Waals surface area contributed by atoms with Gasteiger partial charge in [0.1, 0.15) is 12.0 Å². The minimum atomic E-state index is -0.700. The van der Waals surface area contributed by atoms with E-state index in [1.54, 1.807) is 6.20 Å². The SMILES string of the molecule is Cc1cn([C@H]2C[C@H](NC(=O)CCCc3ccccc3)[C@@H](CNC(=O)CCCc3ccccc3)O2)c(=O)nc1N(CCCN=C(N)N)CCCN=C(N)N. The van der Waals surface area contributed by atoms with Crippen LogP contribution in [0.4, 0.5) is 5.82 Å². The highest BCUT2D eigenvalue weighted by Crippen LogP contribution is 2.29. The number of guanidine groups is 2. The predicted molar refractivity (Wildman–Crippen MR) is 208 cm³/mol. The largest absolute Gasteiger partial charge is 0.370 e. The van der Waals surface area contributed by atoms with Gasteiger partial charge in [-0.2, -0.15) is 4.98 Å². The fourth-order valence-electron chi connectivity index (χ4n) is 6.37. The first-order valence-electron chi connectivity index (χ1n) is 18.3. The van der Waals surface area contributed by atoms with Crippen LogP contribution in [0.5, 0.6) is 0 Å². The fourth-order valence-corrected chi connectivity index (χ4v) is 6.37. The number of hydrogen-bond donors (Lipinski definition) is 6. The summed E-state index contributed by atoms with van der Waals surface area (Å²) in [5, 5.41) is 6.11. The molecule has 0 saturated carbocycles. The second kappa shape index (κ2) is 21.2. The molecular formula is C38H55N11O4. The number of aromatic nitrogens is 2. The maximum atomic E-state index is 13.6. The number of aryl methyl sites for hydroxylation is 3. The molecule has 0 radical (unpaired) electrons. The highest BCUT2D eigenvalue weighted by atomic mass is 16.5. The standard InChI is InChI=1S/C38H55N11O4/c1-27-26-49(38(52)47-35(27)48(22-10-20-43-36(39)40)23-11-21-44-37(41)42)34-24-30(46-33(51)19-9-17-29-14-6-3-7-15-29)31(53-34)25-45-32(50)18-8-16-28-12-4-2-5-13-28/h2-7,12-15,26,30-31,34H,8-11,16-25H2,1H3,(H,45,50)(H,46,51)(H4,39,40,43)(H4,41,42,44)/t30-,31+,34+/m0/s1. The highest BCUT2D eigenvalue weighted by Gasteiger charge is 2.38. The Kier molecular flexibility index (Phi) is 16.1. The molecule has 2 aromatic carbocycles. The summed E-state index contributed by atoms with van der Waals surface area (Å²) in [6.45, 7) is 3.99. The molecule has 1 aromatic heterocycles. The smallest absolute Gasteiger partial charge is 0.351 e. The van der Waals surface area contributed by atoms with Gasteiger partial charge in [-0.3, -0.25) is 24.1 Å². The van der Waals surface area contributed by atoms with Crippen molar-refractivity contribution in [1.29, 1.82) is 0 Å². The normalized spacial score (nSPS) is 16.4. The third-order valence-corrected chi connectivity index (χ3v) is 8.99. The first-order valence-corrected chi connectivity index (χ1v) is 18.3. The van der Waals surface area contributed by atoms with E-state index in [2.05, 4.69) is 25.6 Å². The molecule has 0 aliphatic carbocycles. The van der Waals surface area contributed by atoms with Crippen LogP contribution in [-0.2, 0) is 27.2 Å². The number of benzene rings is 2. The van der Waals surface area contributed by atoms with Gasteiger partial charge in [0.25, 0.3) is 0 Å². The molecule has 1 saturated heterocycles. The van der Waals surface area contributed by atoms with Crippen molar-refractivity contribution in [1.82, 2.24) is 20.2 Å². The number of nitrogens with zero attached hydrogens (tertiary/aromatic N) is 5. The Hall–Kier alpha value is -5.44. The molecule has 4 rings (SSSR count). The number of nitrogens with two attached hydrogens (primary N) is 4. The van der Waals surface area contributed by atoms with E-state index in [0.717, 1.165) is 18.4 Å². The van der Waals surface area contributed by atoms with Crippen molar-refractivity contribution in [2.75, 3.05) is 37.6 Å². The van der Waals surface area contributed by atoms with Crippen molar-refractivity contribution in [3.63, 3.8) is 0 Å². The molecule has 10 N–H and O–H groups in total. The summed E-state index contributed by atoms with van der Waals surface area (Å²) < 4.78 is 7.87. The van der Waals surface area contributed by atoms with Gasteiger partial charge in [-0.05, 0) is 56.6 Å². The quantitative estimate of drug-likeness (QED) is 0.0527. The molecule has 15 heteroatoms. The third kappa shape index (κ3) is 13.9. The summed E-state index contributed by atoms with van der Waals surface area (Å²) in [6.07, 6.45) is 5.75. The second-order valence-corrected chi connectivity index (χ2v) is 13.3. The topological polar surface area (TPSA) is 234 Å². The molecule has 15 nitrogen and oxygen atoms in total. The number of ether oxygens (including phenoxy) is 1. The van der Waals surface area contributed by atoms with E-state index in [1.165, 1.54) is 15.7 Å². The second-order valence-electron chi connectivity index (χ2n) is 13.3. The number of anilines is 1. The summed E-state index contributed by atoms with van der Waals surface area (Å²) in [7, 11) is 0. The lowest BCUT2D eigenvalue weighted by molar-refractivity contribution is -0.122. The molecule has 3 atom stereocenters. The van der Waals surface area contributed by atoms with Gasteiger partial charge in [-0.15, -0.1) is 0 Å². The number of carbonyl (C=O) groups excluding carboxylic acids is 2. The summed E-state index contributed by atoms with van der Waals surface area (Å²) in [6, 6.07) is 19.6. The number of rotatable bonds is 21. The van der Waals surface area contributed by atoms with E-state index in [1.807, 2.05) is 72.5 Å². The molecule has 3 aromatic rings. The van der Waals surface area contributed by atoms with E-state index in [4.69, 9.17) is 27.7 Å². The van der Waals surface area contributed by atoms with Crippen LogP contribution in [0.25, 0.3) is 0 Å². The highest BCUT2D eigenvalue weighted by molar-refractivity contribution is 5.77. The van der Waals surface area contributed by atoms with Crippen LogP contribution in [-0.4, -0.2) is 78.2 Å². The van der Waals surface area contributed by atoms with E-state index in [9.17, 15) is 14.4 Å². The van der Waals surface area contributed by atoms with Crippen LogP contribution in [0, 0.1) is 6.92 Å². The van der Waals surface area contributed by atoms with E-state index in [-0.39, 0.29) is 30.3 Å². The van der Waals surface area contributed by atoms with Gasteiger partial charge in [0.15, 0.2) is 11.9 Å². The van der Waals surface area contributed by atoms with Crippen molar-refractivity contribution in [2.24, 2.45) is 32.9 Å². The van der Waals surface area contributed by atoms with Crippen molar-refractivity contribution >= 4 is 29.6 Å². The Balaban J connectivity index is 1.44. The molecule has 286 valence electrons. The average molecular weight is 730 g/mol. The Labute approximate surface area is 311 Å². The molecule has 53 heavy (non-hydrogen) atoms. The van der Waals surface area contributed by atoms with Gasteiger partial charge < -0.3 is 43.2 Å². The molecule has 0 unspecified atom stereocenters. The summed E-state index contributed by atoms with van der Waals surface area (Å²) in [5.41, 5.74) is 24.6. The van der Waals surface area contributed by atoms with Crippen molar-refractivity contribution in [2.45, 2.75) is 83.1 Å². The molecule has 1 fully saturated rings. The number of amides is 2. The fraction of sp³-hybridized carbons (Fsp3) is 0.474. The van der Waals surface area contributed by atoms with Crippen molar-refractivity contribution in [3.05, 3.63) is 94.0 Å². The van der Waals surface area contributed by atoms with Gasteiger partial charge in [0.2, 0.25) is 11.8 Å². The Bertz CT molecular complexity index is 1680. The first kappa shape index (κ1) is 40.3. The lowest BCUT2D eigenvalue weighted by Gasteiger charge is -2.26. The van der Waals surface area contributed by atoms with E-state index >= 15 is 0 Å². The van der Waals surface area contributed by atoms with Gasteiger partial charge in [-0.1, -0.05) is 60.7 Å². The van der Waals surface area contributed by atoms with Crippen LogP contribution >= 0.6 is 0 Å². The summed E-state index contributed by atoms with van der Waals surface area (Å²) in [4.78, 5) is 54.2. The monoisotopic (exact) mass is 729 g/mol. The van der Waals surface area contributed by atoms with Crippen LogP contribution in [0.15, 0.2) is 81.6 Å². The van der Waals surface area contributed by atoms with Gasteiger partial charge in [-0.25, -0.2) is 4.79 Å². The van der Waals surface area contributed by atoms with Crippen LogP contribution in [0.2, 0.25) is 0 Å². The average Bonchev–Trinajstić information content (AvgIpc) is 3.53. The van der Waals surface area contributed by atoms with E-state index in [0.29, 0.717) is 76.9 Å². The lowest BCUT2D eigenvalue weighted by Crippen LogP contribution is -2.45. The first-order chi connectivity index (χ1) is 25.6. The van der Waals surface area contributed by atoms with Gasteiger partial charge in [0, 0.05) is 63.7 Å². The van der Waals surface area contributed by atoms with E-state index < -0.39 is 24.1 Å². The number of carbonyl (C=O) groups is 2. The Morgan fingerprint density at radius 3 is 1.94 bits per heavy atom. The van der Waals surface area contributed by atoms with Gasteiger partial charge in [0.05, 0.1) is 12.1 Å². The molecule has 1 aliphatic rings. The number of aliphatic imine (C=N–C) groups is 2. The Morgan fingerprint density at radius 2 is 1.40 bits per heavy atom. The lowest BCUT2D eigenvalue weighted by atomic mass is 10.1. The molecule has 1 aliphatic heterocycles. The predicted octanol–water partition coefficient (Wildman–Crippen LogP) is 1.62. The maximum Gasteiger partial charge on any atom is 0.351 e. The minimum Gasteiger partial charge on any atom is -0.370 e. The zero-order valence-corrected chi connectivity index (χ0v) is 30.7. The van der Waals surface area contributed by atoms with Crippen LogP contribution in [0.1, 0.15) is 67.9 Å². The van der Waals surface area contributed by atoms with Crippen molar-refractivity contribution in [3.8, 4) is 0 Å². The Morgan fingerprint density at radius 1 is 0.849 bits per heavy atom. The molecule has 2 amide bonds.